The first-order chi connectivity index (χ1) is 12.3. The van der Waals surface area contributed by atoms with Crippen LogP contribution in [-0.2, 0) is 21.2 Å². The fraction of sp³-hybridized carbons (Fsp3) is 0.400. The summed E-state index contributed by atoms with van der Waals surface area (Å²) in [7, 11) is -3.51. The molecular weight excluding hydrogens is 353 g/mol. The first-order valence-electron chi connectivity index (χ1n) is 8.70. The molecule has 140 valence electrons. The van der Waals surface area contributed by atoms with E-state index in [1.165, 1.54) is 10.4 Å². The van der Waals surface area contributed by atoms with E-state index in [0.29, 0.717) is 12.0 Å². The zero-order valence-electron chi connectivity index (χ0n) is 15.1. The fourth-order valence-electron chi connectivity index (χ4n) is 3.24. The lowest BCUT2D eigenvalue weighted by Crippen LogP contribution is -2.56. The molecule has 0 N–H and O–H groups in total. The van der Waals surface area contributed by atoms with Gasteiger partial charge in [-0.3, -0.25) is 0 Å². The number of sulfonamides is 1. The van der Waals surface area contributed by atoms with E-state index in [4.69, 9.17) is 4.74 Å². The summed E-state index contributed by atoms with van der Waals surface area (Å²) in [6.45, 7) is 4.01. The number of hydrogen-bond acceptors (Lipinski definition) is 3. The van der Waals surface area contributed by atoms with Gasteiger partial charge in [0.25, 0.3) is 0 Å². The molecule has 0 amide bonds. The predicted molar refractivity (Wildman–Crippen MR) is 99.8 cm³/mol. The van der Waals surface area contributed by atoms with E-state index in [1.807, 2.05) is 44.2 Å². The smallest absolute Gasteiger partial charge is 0.215 e. The van der Waals surface area contributed by atoms with Crippen LogP contribution in [0.4, 0.5) is 4.39 Å². The molecule has 1 saturated heterocycles. The quantitative estimate of drug-likeness (QED) is 0.801. The summed E-state index contributed by atoms with van der Waals surface area (Å²) in [5.41, 5.74) is 0.705. The second-order valence-electron chi connectivity index (χ2n) is 7.22. The summed E-state index contributed by atoms with van der Waals surface area (Å²) in [6.07, 6.45) is -0.156. The van der Waals surface area contributed by atoms with E-state index in [0.717, 1.165) is 5.56 Å². The van der Waals surface area contributed by atoms with Gasteiger partial charge >= 0.3 is 0 Å². The lowest BCUT2D eigenvalue weighted by molar-refractivity contribution is -0.0667. The van der Waals surface area contributed by atoms with Gasteiger partial charge in [0.15, 0.2) is 0 Å². The molecule has 4 nitrogen and oxygen atoms in total. The van der Waals surface area contributed by atoms with Crippen LogP contribution in [0.15, 0.2) is 54.6 Å². The van der Waals surface area contributed by atoms with Crippen molar-refractivity contribution in [2.24, 2.45) is 0 Å². The minimum absolute atomic E-state index is 0.0183. The fourth-order valence-corrected chi connectivity index (χ4v) is 5.13. The van der Waals surface area contributed by atoms with E-state index in [1.54, 1.807) is 18.2 Å². The summed E-state index contributed by atoms with van der Waals surface area (Å²) in [5.74, 6) is -0.358. The van der Waals surface area contributed by atoms with Crippen LogP contribution in [-0.4, -0.2) is 37.2 Å². The minimum Gasteiger partial charge on any atom is -0.370 e. The molecule has 1 fully saturated rings. The third-order valence-corrected chi connectivity index (χ3v) is 6.76. The molecule has 3 rings (SSSR count). The summed E-state index contributed by atoms with van der Waals surface area (Å²) in [5, 5.41) is 0. The first kappa shape index (κ1) is 19.0. The second kappa shape index (κ2) is 7.47. The number of rotatable bonds is 5. The molecule has 1 atom stereocenters. The van der Waals surface area contributed by atoms with Gasteiger partial charge in [0.05, 0.1) is 24.0 Å². The molecule has 0 aliphatic carbocycles. The van der Waals surface area contributed by atoms with Crippen molar-refractivity contribution < 1.29 is 17.5 Å². The first-order valence-corrected chi connectivity index (χ1v) is 10.3. The highest BCUT2D eigenvalue weighted by atomic mass is 32.2. The van der Waals surface area contributed by atoms with E-state index in [9.17, 15) is 12.8 Å². The van der Waals surface area contributed by atoms with Gasteiger partial charge in [0.2, 0.25) is 10.0 Å². The summed E-state index contributed by atoms with van der Waals surface area (Å²) in [6, 6.07) is 15.9. The molecule has 2 aromatic rings. The number of aryl methyl sites for hydroxylation is 1. The van der Waals surface area contributed by atoms with Crippen LogP contribution in [0.3, 0.4) is 0 Å². The predicted octanol–water partition coefficient (Wildman–Crippen LogP) is 3.55. The number of ether oxygens (including phenoxy) is 1. The topological polar surface area (TPSA) is 46.6 Å². The highest BCUT2D eigenvalue weighted by molar-refractivity contribution is 7.89. The molecule has 6 heteroatoms. The summed E-state index contributed by atoms with van der Waals surface area (Å²) in [4.78, 5) is 0. The van der Waals surface area contributed by atoms with Gasteiger partial charge < -0.3 is 4.74 Å². The standard InChI is InChI=1S/C20H24FNO3S/c1-20(2)15-25-19(17-10-6-7-11-18(17)21)14-22(20)26(23,24)13-12-16-8-4-3-5-9-16/h3-11,19H,12-15H2,1-2H3. The Hall–Kier alpha value is -1.76. The van der Waals surface area contributed by atoms with E-state index in [2.05, 4.69) is 0 Å². The van der Waals surface area contributed by atoms with Gasteiger partial charge in [-0.05, 0) is 31.9 Å². The van der Waals surface area contributed by atoms with Crippen LogP contribution >= 0.6 is 0 Å². The van der Waals surface area contributed by atoms with Crippen molar-refractivity contribution in [1.29, 1.82) is 0 Å². The van der Waals surface area contributed by atoms with Gasteiger partial charge in [-0.15, -0.1) is 0 Å². The summed E-state index contributed by atoms with van der Waals surface area (Å²) < 4.78 is 47.4. The van der Waals surface area contributed by atoms with Crippen LogP contribution in [0, 0.1) is 5.82 Å². The number of benzene rings is 2. The highest BCUT2D eigenvalue weighted by Gasteiger charge is 2.42. The lowest BCUT2D eigenvalue weighted by Gasteiger charge is -2.44. The van der Waals surface area contributed by atoms with E-state index < -0.39 is 21.7 Å². The highest BCUT2D eigenvalue weighted by Crippen LogP contribution is 2.33. The van der Waals surface area contributed by atoms with Crippen molar-refractivity contribution in [2.45, 2.75) is 31.9 Å². The van der Waals surface area contributed by atoms with E-state index >= 15 is 0 Å². The number of morpholine rings is 1. The largest absolute Gasteiger partial charge is 0.370 e. The molecule has 0 saturated carbocycles. The van der Waals surface area contributed by atoms with Crippen LogP contribution < -0.4 is 0 Å². The lowest BCUT2D eigenvalue weighted by atomic mass is 10.0. The van der Waals surface area contributed by atoms with Crippen LogP contribution in [0.1, 0.15) is 31.1 Å². The molecule has 0 bridgehead atoms. The second-order valence-corrected chi connectivity index (χ2v) is 9.23. The van der Waals surface area contributed by atoms with E-state index in [-0.39, 0.29) is 24.7 Å². The Morgan fingerprint density at radius 2 is 1.77 bits per heavy atom. The van der Waals surface area contributed by atoms with Crippen LogP contribution in [0.5, 0.6) is 0 Å². The Labute approximate surface area is 154 Å². The molecule has 1 aliphatic rings. The summed E-state index contributed by atoms with van der Waals surface area (Å²) >= 11 is 0. The average Bonchev–Trinajstić information content (AvgIpc) is 2.61. The maximum Gasteiger partial charge on any atom is 0.215 e. The number of hydrogen-bond donors (Lipinski definition) is 0. The van der Waals surface area contributed by atoms with Gasteiger partial charge in [-0.25, -0.2) is 12.8 Å². The zero-order valence-corrected chi connectivity index (χ0v) is 15.9. The minimum atomic E-state index is -3.51. The molecule has 0 radical (unpaired) electrons. The number of nitrogens with zero attached hydrogens (tertiary/aromatic N) is 1. The van der Waals surface area contributed by atoms with Gasteiger partial charge in [-0.2, -0.15) is 4.31 Å². The van der Waals surface area contributed by atoms with Crippen molar-refractivity contribution in [2.75, 3.05) is 18.9 Å². The molecule has 1 unspecified atom stereocenters. The van der Waals surface area contributed by atoms with Gasteiger partial charge in [0.1, 0.15) is 5.82 Å². The van der Waals surface area contributed by atoms with Crippen molar-refractivity contribution in [1.82, 2.24) is 4.31 Å². The molecule has 0 spiro atoms. The molecule has 1 heterocycles. The molecule has 0 aromatic heterocycles. The van der Waals surface area contributed by atoms with Crippen molar-refractivity contribution in [3.8, 4) is 0 Å². The SMILES string of the molecule is CC1(C)COC(c2ccccc2F)CN1S(=O)(=O)CCc1ccccc1. The zero-order chi connectivity index (χ0) is 18.8. The molecule has 26 heavy (non-hydrogen) atoms. The molecule has 2 aromatic carbocycles. The van der Waals surface area contributed by atoms with Crippen molar-refractivity contribution in [3.05, 3.63) is 71.5 Å². The Morgan fingerprint density at radius 1 is 1.12 bits per heavy atom. The molecular formula is C20H24FNO3S. The Bertz CT molecular complexity index is 852. The van der Waals surface area contributed by atoms with Gasteiger partial charge in [-0.1, -0.05) is 48.5 Å². The monoisotopic (exact) mass is 377 g/mol. The van der Waals surface area contributed by atoms with Crippen LogP contribution in [0.2, 0.25) is 0 Å². The average molecular weight is 377 g/mol. The molecule has 1 aliphatic heterocycles. The van der Waals surface area contributed by atoms with Crippen molar-refractivity contribution in [3.63, 3.8) is 0 Å². The third kappa shape index (κ3) is 4.14. The Kier molecular flexibility index (Phi) is 5.46. The normalized spacial score (nSPS) is 20.8. The van der Waals surface area contributed by atoms with Crippen LogP contribution in [0.25, 0.3) is 0 Å². The maximum absolute atomic E-state index is 14.1. The van der Waals surface area contributed by atoms with Crippen molar-refractivity contribution >= 4 is 10.0 Å². The van der Waals surface area contributed by atoms with Gasteiger partial charge in [0, 0.05) is 12.1 Å². The maximum atomic E-state index is 14.1. The number of halogens is 1. The Morgan fingerprint density at radius 3 is 2.46 bits per heavy atom. The third-order valence-electron chi connectivity index (χ3n) is 4.72. The Balaban J connectivity index is 1.79.